The minimum Gasteiger partial charge on any atom is -0.343 e. The molecule has 1 saturated heterocycles. The highest BCUT2D eigenvalue weighted by atomic mass is 16.5. The van der Waals surface area contributed by atoms with Crippen molar-refractivity contribution >= 4 is 0 Å². The first-order valence-electron chi connectivity index (χ1n) is 5.39. The summed E-state index contributed by atoms with van der Waals surface area (Å²) in [7, 11) is 0. The van der Waals surface area contributed by atoms with Crippen LogP contribution in [0.2, 0.25) is 0 Å². The number of rotatable bonds is 3. The molecule has 1 atom stereocenters. The highest BCUT2D eigenvalue weighted by Gasteiger charge is 2.20. The summed E-state index contributed by atoms with van der Waals surface area (Å²) in [5.41, 5.74) is 1.25. The topological polar surface area (TPSA) is 68.8 Å². The van der Waals surface area contributed by atoms with Crippen LogP contribution in [0.1, 0.15) is 23.9 Å². The third-order valence-corrected chi connectivity index (χ3v) is 2.94. The van der Waals surface area contributed by atoms with Crippen LogP contribution in [0.25, 0.3) is 0 Å². The van der Waals surface area contributed by atoms with Crippen LogP contribution >= 0.6 is 0 Å². The van der Waals surface area contributed by atoms with Crippen LogP contribution in [0.3, 0.4) is 0 Å². The SMILES string of the molecule is c1nc(Cn2cncc2C2CCNC2)no1. The van der Waals surface area contributed by atoms with Gasteiger partial charge in [0.1, 0.15) is 0 Å². The summed E-state index contributed by atoms with van der Waals surface area (Å²) in [5, 5.41) is 7.16. The van der Waals surface area contributed by atoms with E-state index >= 15 is 0 Å². The van der Waals surface area contributed by atoms with Crippen LogP contribution in [0.4, 0.5) is 0 Å². The molecule has 1 unspecified atom stereocenters. The van der Waals surface area contributed by atoms with Gasteiger partial charge in [0, 0.05) is 24.4 Å². The fraction of sp³-hybridized carbons (Fsp3) is 0.500. The predicted molar refractivity (Wildman–Crippen MR) is 55.9 cm³/mol. The van der Waals surface area contributed by atoms with E-state index in [9.17, 15) is 0 Å². The molecule has 2 aromatic rings. The lowest BCUT2D eigenvalue weighted by Gasteiger charge is -2.10. The molecule has 6 heteroatoms. The second kappa shape index (κ2) is 4.05. The van der Waals surface area contributed by atoms with Gasteiger partial charge in [-0.3, -0.25) is 0 Å². The molecule has 0 radical (unpaired) electrons. The Morgan fingerprint density at radius 3 is 3.31 bits per heavy atom. The standard InChI is InChI=1S/C10H13N5O/c1-2-11-3-8(1)9-4-12-6-15(9)5-10-13-7-16-14-10/h4,6-8,11H,1-3,5H2. The molecule has 6 nitrogen and oxygen atoms in total. The van der Waals surface area contributed by atoms with Gasteiger partial charge in [0.15, 0.2) is 5.82 Å². The van der Waals surface area contributed by atoms with Crippen molar-refractivity contribution in [3.63, 3.8) is 0 Å². The summed E-state index contributed by atoms with van der Waals surface area (Å²) < 4.78 is 6.81. The van der Waals surface area contributed by atoms with Crippen molar-refractivity contribution in [1.82, 2.24) is 25.0 Å². The molecule has 1 aliphatic heterocycles. The molecule has 0 aromatic carbocycles. The third kappa shape index (κ3) is 1.71. The van der Waals surface area contributed by atoms with Crippen LogP contribution in [-0.4, -0.2) is 32.8 Å². The van der Waals surface area contributed by atoms with E-state index in [0.717, 1.165) is 19.5 Å². The number of hydrogen-bond donors (Lipinski definition) is 1. The minimum absolute atomic E-state index is 0.550. The van der Waals surface area contributed by atoms with Gasteiger partial charge in [0.25, 0.3) is 0 Å². The molecule has 0 amide bonds. The molecule has 84 valence electrons. The van der Waals surface area contributed by atoms with E-state index in [1.54, 1.807) is 0 Å². The van der Waals surface area contributed by atoms with Crippen molar-refractivity contribution in [3.8, 4) is 0 Å². The van der Waals surface area contributed by atoms with Crippen LogP contribution < -0.4 is 5.32 Å². The van der Waals surface area contributed by atoms with Crippen molar-refractivity contribution in [3.05, 3.63) is 30.4 Å². The molecule has 1 aliphatic rings. The zero-order chi connectivity index (χ0) is 10.8. The maximum atomic E-state index is 4.72. The molecule has 2 aromatic heterocycles. The molecule has 0 spiro atoms. The van der Waals surface area contributed by atoms with Crippen LogP contribution in [0, 0.1) is 0 Å². The van der Waals surface area contributed by atoms with Crippen molar-refractivity contribution in [2.24, 2.45) is 0 Å². The van der Waals surface area contributed by atoms with E-state index in [4.69, 9.17) is 4.52 Å². The first-order chi connectivity index (χ1) is 7.93. The zero-order valence-electron chi connectivity index (χ0n) is 8.83. The van der Waals surface area contributed by atoms with Gasteiger partial charge in [-0.15, -0.1) is 0 Å². The van der Waals surface area contributed by atoms with Gasteiger partial charge in [0.2, 0.25) is 6.39 Å². The van der Waals surface area contributed by atoms with E-state index in [-0.39, 0.29) is 0 Å². The second-order valence-corrected chi connectivity index (χ2v) is 3.98. The molecule has 3 rings (SSSR count). The maximum absolute atomic E-state index is 4.72. The minimum atomic E-state index is 0.550. The van der Waals surface area contributed by atoms with Crippen molar-refractivity contribution in [2.45, 2.75) is 18.9 Å². The van der Waals surface area contributed by atoms with E-state index in [2.05, 4.69) is 25.0 Å². The summed E-state index contributed by atoms with van der Waals surface area (Å²) >= 11 is 0. The number of hydrogen-bond acceptors (Lipinski definition) is 5. The van der Waals surface area contributed by atoms with E-state index in [1.807, 2.05) is 12.5 Å². The Kier molecular flexibility index (Phi) is 2.41. The molecule has 1 N–H and O–H groups in total. The lowest BCUT2D eigenvalue weighted by atomic mass is 10.1. The van der Waals surface area contributed by atoms with Gasteiger partial charge in [-0.05, 0) is 13.0 Å². The van der Waals surface area contributed by atoms with Gasteiger partial charge in [-0.1, -0.05) is 5.16 Å². The second-order valence-electron chi connectivity index (χ2n) is 3.98. The summed E-state index contributed by atoms with van der Waals surface area (Å²) in [5.74, 6) is 1.24. The average molecular weight is 219 g/mol. The quantitative estimate of drug-likeness (QED) is 0.808. The van der Waals surface area contributed by atoms with Gasteiger partial charge in [-0.2, -0.15) is 4.98 Å². The summed E-state index contributed by atoms with van der Waals surface area (Å²) in [6.45, 7) is 2.73. The number of nitrogens with one attached hydrogen (secondary N) is 1. The first kappa shape index (κ1) is 9.53. The maximum Gasteiger partial charge on any atom is 0.213 e. The Morgan fingerprint density at radius 1 is 1.56 bits per heavy atom. The predicted octanol–water partition coefficient (Wildman–Crippen LogP) is 0.391. The summed E-state index contributed by atoms with van der Waals surface area (Å²) in [4.78, 5) is 8.21. The number of aromatic nitrogens is 4. The van der Waals surface area contributed by atoms with E-state index in [0.29, 0.717) is 18.3 Å². The Labute approximate surface area is 92.7 Å². The van der Waals surface area contributed by atoms with Crippen molar-refractivity contribution in [1.29, 1.82) is 0 Å². The van der Waals surface area contributed by atoms with Crippen LogP contribution in [0.15, 0.2) is 23.4 Å². The summed E-state index contributed by atoms with van der Waals surface area (Å²) in [6.07, 6.45) is 6.27. The lowest BCUT2D eigenvalue weighted by Crippen LogP contribution is -2.12. The molecular weight excluding hydrogens is 206 g/mol. The van der Waals surface area contributed by atoms with E-state index in [1.165, 1.54) is 12.1 Å². The molecule has 16 heavy (non-hydrogen) atoms. The van der Waals surface area contributed by atoms with Crippen LogP contribution in [0.5, 0.6) is 0 Å². The Bertz CT molecular complexity index is 443. The van der Waals surface area contributed by atoms with Gasteiger partial charge >= 0.3 is 0 Å². The third-order valence-electron chi connectivity index (χ3n) is 2.94. The smallest absolute Gasteiger partial charge is 0.213 e. The molecule has 0 saturated carbocycles. The Balaban J connectivity index is 1.82. The fourth-order valence-electron chi connectivity index (χ4n) is 2.12. The normalized spacial score (nSPS) is 20.4. The molecule has 0 bridgehead atoms. The first-order valence-corrected chi connectivity index (χ1v) is 5.39. The Morgan fingerprint density at radius 2 is 2.56 bits per heavy atom. The monoisotopic (exact) mass is 219 g/mol. The van der Waals surface area contributed by atoms with E-state index < -0.39 is 0 Å². The Hall–Kier alpha value is -1.69. The summed E-state index contributed by atoms with van der Waals surface area (Å²) in [6, 6.07) is 0. The zero-order valence-corrected chi connectivity index (χ0v) is 8.83. The molecular formula is C10H13N5O. The van der Waals surface area contributed by atoms with Crippen LogP contribution in [-0.2, 0) is 6.54 Å². The fourth-order valence-corrected chi connectivity index (χ4v) is 2.12. The number of imidazole rings is 1. The van der Waals surface area contributed by atoms with Gasteiger partial charge in [-0.25, -0.2) is 4.98 Å². The van der Waals surface area contributed by atoms with Crippen molar-refractivity contribution < 1.29 is 4.52 Å². The highest BCUT2D eigenvalue weighted by molar-refractivity contribution is 5.10. The largest absolute Gasteiger partial charge is 0.343 e. The highest BCUT2D eigenvalue weighted by Crippen LogP contribution is 2.22. The molecule has 1 fully saturated rings. The number of nitrogens with zero attached hydrogens (tertiary/aromatic N) is 4. The van der Waals surface area contributed by atoms with Gasteiger partial charge in [0.05, 0.1) is 12.9 Å². The molecule has 0 aliphatic carbocycles. The molecule has 3 heterocycles. The average Bonchev–Trinajstić information content (AvgIpc) is 2.98. The van der Waals surface area contributed by atoms with Crippen molar-refractivity contribution in [2.75, 3.05) is 13.1 Å². The lowest BCUT2D eigenvalue weighted by molar-refractivity contribution is 0.407. The van der Waals surface area contributed by atoms with Gasteiger partial charge < -0.3 is 14.4 Å².